The zero-order valence-electron chi connectivity index (χ0n) is 18.7. The summed E-state index contributed by atoms with van der Waals surface area (Å²) < 4.78 is 10.3. The lowest BCUT2D eigenvalue weighted by molar-refractivity contribution is -0.125. The first-order valence-corrected chi connectivity index (χ1v) is 11.3. The van der Waals surface area contributed by atoms with E-state index in [1.807, 2.05) is 0 Å². The summed E-state index contributed by atoms with van der Waals surface area (Å²) in [5.74, 6) is 0.253. The van der Waals surface area contributed by atoms with E-state index >= 15 is 0 Å². The Balaban J connectivity index is 1.38. The van der Waals surface area contributed by atoms with Crippen molar-refractivity contribution in [1.82, 2.24) is 10.6 Å². The number of carbonyl (C=O) groups is 3. The fraction of sp³-hybridized carbons (Fsp3) is 0.400. The van der Waals surface area contributed by atoms with Crippen molar-refractivity contribution in [2.45, 2.75) is 37.8 Å². The third-order valence-corrected chi connectivity index (χ3v) is 6.18. The second-order valence-electron chi connectivity index (χ2n) is 8.32. The number of ether oxygens (including phenoxy) is 2. The van der Waals surface area contributed by atoms with Crippen molar-refractivity contribution in [3.63, 3.8) is 0 Å². The highest BCUT2D eigenvalue weighted by Gasteiger charge is 2.28. The maximum absolute atomic E-state index is 12.9. The van der Waals surface area contributed by atoms with Gasteiger partial charge < -0.3 is 25.0 Å². The van der Waals surface area contributed by atoms with Gasteiger partial charge in [0.2, 0.25) is 0 Å². The van der Waals surface area contributed by atoms with E-state index in [4.69, 9.17) is 9.47 Å². The molecule has 8 heteroatoms. The third-order valence-electron chi connectivity index (χ3n) is 6.18. The summed E-state index contributed by atoms with van der Waals surface area (Å²) in [6, 6.07) is 13.7. The van der Waals surface area contributed by atoms with Gasteiger partial charge in [0.05, 0.1) is 13.7 Å². The molecule has 2 aromatic carbocycles. The van der Waals surface area contributed by atoms with Crippen LogP contribution in [0.15, 0.2) is 48.5 Å². The van der Waals surface area contributed by atoms with Crippen molar-refractivity contribution in [2.75, 3.05) is 31.8 Å². The quantitative estimate of drug-likeness (QED) is 0.704. The van der Waals surface area contributed by atoms with E-state index in [9.17, 15) is 14.4 Å². The fourth-order valence-electron chi connectivity index (χ4n) is 4.31. The van der Waals surface area contributed by atoms with Gasteiger partial charge in [0, 0.05) is 35.4 Å². The number of hydrogen-bond acceptors (Lipinski definition) is 5. The molecule has 174 valence electrons. The minimum absolute atomic E-state index is 0.0769. The summed E-state index contributed by atoms with van der Waals surface area (Å²) in [4.78, 5) is 39.3. The van der Waals surface area contributed by atoms with E-state index in [1.165, 1.54) is 0 Å². The highest BCUT2D eigenvalue weighted by molar-refractivity contribution is 5.97. The summed E-state index contributed by atoms with van der Waals surface area (Å²) in [5.41, 5.74) is 1.83. The average molecular weight is 452 g/mol. The van der Waals surface area contributed by atoms with Crippen molar-refractivity contribution in [3.8, 4) is 5.75 Å². The smallest absolute Gasteiger partial charge is 0.253 e. The molecule has 1 saturated carbocycles. The van der Waals surface area contributed by atoms with Crippen LogP contribution in [0.3, 0.4) is 0 Å². The van der Waals surface area contributed by atoms with E-state index < -0.39 is 0 Å². The van der Waals surface area contributed by atoms with Gasteiger partial charge in [0.1, 0.15) is 12.4 Å². The van der Waals surface area contributed by atoms with Crippen LogP contribution in [0.5, 0.6) is 5.75 Å². The van der Waals surface area contributed by atoms with Crippen molar-refractivity contribution in [2.24, 2.45) is 0 Å². The SMILES string of the molecule is COc1ccc(C(=O)NC2CCCCC2NC(=O)c2ccc(N3CCOCC3=O)cc2)cc1. The van der Waals surface area contributed by atoms with Gasteiger partial charge in [0.15, 0.2) is 0 Å². The maximum Gasteiger partial charge on any atom is 0.253 e. The second-order valence-corrected chi connectivity index (χ2v) is 8.32. The van der Waals surface area contributed by atoms with Gasteiger partial charge in [-0.05, 0) is 61.4 Å². The molecule has 3 amide bonds. The Kier molecular flexibility index (Phi) is 7.24. The van der Waals surface area contributed by atoms with Crippen molar-refractivity contribution >= 4 is 23.4 Å². The minimum atomic E-state index is -0.189. The minimum Gasteiger partial charge on any atom is -0.497 e. The highest BCUT2D eigenvalue weighted by Crippen LogP contribution is 2.21. The molecular weight excluding hydrogens is 422 g/mol. The molecule has 8 nitrogen and oxygen atoms in total. The van der Waals surface area contributed by atoms with Gasteiger partial charge in [0.25, 0.3) is 17.7 Å². The first-order valence-electron chi connectivity index (χ1n) is 11.3. The number of hydrogen-bond donors (Lipinski definition) is 2. The lowest BCUT2D eigenvalue weighted by Gasteiger charge is -2.33. The molecule has 2 atom stereocenters. The van der Waals surface area contributed by atoms with Gasteiger partial charge in [-0.2, -0.15) is 0 Å². The van der Waals surface area contributed by atoms with Crippen LogP contribution >= 0.6 is 0 Å². The van der Waals surface area contributed by atoms with E-state index in [0.29, 0.717) is 30.0 Å². The van der Waals surface area contributed by atoms with Gasteiger partial charge in [-0.25, -0.2) is 0 Å². The molecule has 4 rings (SSSR count). The first-order chi connectivity index (χ1) is 16.0. The van der Waals surface area contributed by atoms with Crippen LogP contribution in [0, 0.1) is 0 Å². The lowest BCUT2D eigenvalue weighted by Crippen LogP contribution is -2.53. The predicted molar refractivity (Wildman–Crippen MR) is 124 cm³/mol. The molecule has 2 unspecified atom stereocenters. The van der Waals surface area contributed by atoms with Crippen LogP contribution in [0.1, 0.15) is 46.4 Å². The van der Waals surface area contributed by atoms with Gasteiger partial charge in [-0.15, -0.1) is 0 Å². The van der Waals surface area contributed by atoms with Crippen molar-refractivity contribution in [1.29, 1.82) is 0 Å². The molecule has 1 aliphatic carbocycles. The molecule has 33 heavy (non-hydrogen) atoms. The zero-order chi connectivity index (χ0) is 23.2. The van der Waals surface area contributed by atoms with Crippen LogP contribution in [0.2, 0.25) is 0 Å². The van der Waals surface area contributed by atoms with Crippen molar-refractivity contribution < 1.29 is 23.9 Å². The highest BCUT2D eigenvalue weighted by atomic mass is 16.5. The van der Waals surface area contributed by atoms with Crippen LogP contribution in [0.4, 0.5) is 5.69 Å². The molecule has 1 heterocycles. The maximum atomic E-state index is 12.9. The van der Waals surface area contributed by atoms with E-state index in [1.54, 1.807) is 60.5 Å². The van der Waals surface area contributed by atoms with E-state index in [2.05, 4.69) is 10.6 Å². The van der Waals surface area contributed by atoms with Gasteiger partial charge >= 0.3 is 0 Å². The molecule has 1 aliphatic heterocycles. The normalized spacial score (nSPS) is 20.8. The molecule has 1 saturated heterocycles. The molecule has 2 N–H and O–H groups in total. The first kappa shape index (κ1) is 22.8. The molecule has 0 spiro atoms. The Morgan fingerprint density at radius 2 is 1.45 bits per heavy atom. The number of nitrogens with zero attached hydrogens (tertiary/aromatic N) is 1. The monoisotopic (exact) mass is 451 g/mol. The molecule has 0 aromatic heterocycles. The Bertz CT molecular complexity index is 990. The van der Waals surface area contributed by atoms with Crippen LogP contribution in [0.25, 0.3) is 0 Å². The lowest BCUT2D eigenvalue weighted by atomic mass is 9.89. The summed E-state index contributed by atoms with van der Waals surface area (Å²) >= 11 is 0. The average Bonchev–Trinajstić information content (AvgIpc) is 2.85. The Hall–Kier alpha value is -3.39. The number of benzene rings is 2. The van der Waals surface area contributed by atoms with Crippen LogP contribution in [-0.2, 0) is 9.53 Å². The number of carbonyl (C=O) groups excluding carboxylic acids is 3. The summed E-state index contributed by atoms with van der Waals surface area (Å²) in [7, 11) is 1.58. The predicted octanol–water partition coefficient (Wildman–Crippen LogP) is 2.53. The molecule has 2 fully saturated rings. The number of methoxy groups -OCH3 is 1. The van der Waals surface area contributed by atoms with Crippen molar-refractivity contribution in [3.05, 3.63) is 59.7 Å². The van der Waals surface area contributed by atoms with E-state index in [-0.39, 0.29) is 36.4 Å². The number of nitrogens with one attached hydrogen (secondary N) is 2. The molecule has 0 radical (unpaired) electrons. The molecule has 2 aromatic rings. The summed E-state index contributed by atoms with van der Waals surface area (Å²) in [5, 5.41) is 6.18. The molecule has 2 aliphatic rings. The second kappa shape index (κ2) is 10.5. The standard InChI is InChI=1S/C25H29N3O5/c1-32-20-12-8-18(9-13-20)25(31)27-22-5-3-2-4-21(22)26-24(30)17-6-10-19(11-7-17)28-14-15-33-16-23(28)29/h6-13,21-22H,2-5,14-16H2,1H3,(H,26,30)(H,27,31). The third kappa shape index (κ3) is 5.51. The molecular formula is C25H29N3O5. The fourth-order valence-corrected chi connectivity index (χ4v) is 4.31. The number of amides is 3. The van der Waals surface area contributed by atoms with Crippen LogP contribution < -0.4 is 20.3 Å². The zero-order valence-corrected chi connectivity index (χ0v) is 18.7. The van der Waals surface area contributed by atoms with Crippen LogP contribution in [-0.4, -0.2) is 56.7 Å². The van der Waals surface area contributed by atoms with Gasteiger partial charge in [-0.1, -0.05) is 12.8 Å². The summed E-state index contributed by atoms with van der Waals surface area (Å²) in [6.07, 6.45) is 3.62. The number of anilines is 1. The Morgan fingerprint density at radius 1 is 0.909 bits per heavy atom. The van der Waals surface area contributed by atoms with Gasteiger partial charge in [-0.3, -0.25) is 14.4 Å². The topological polar surface area (TPSA) is 97.0 Å². The Morgan fingerprint density at radius 3 is 1.97 bits per heavy atom. The molecule has 0 bridgehead atoms. The van der Waals surface area contributed by atoms with E-state index in [0.717, 1.165) is 31.4 Å². The largest absolute Gasteiger partial charge is 0.497 e. The Labute approximate surface area is 193 Å². The number of morpholine rings is 1. The number of rotatable bonds is 6. The summed E-state index contributed by atoms with van der Waals surface area (Å²) in [6.45, 7) is 1.08.